The van der Waals surface area contributed by atoms with Gasteiger partial charge in [0.15, 0.2) is 0 Å². The van der Waals surface area contributed by atoms with Gasteiger partial charge in [0, 0.05) is 41.8 Å². The third-order valence-corrected chi connectivity index (χ3v) is 4.61. The van der Waals surface area contributed by atoms with E-state index in [-0.39, 0.29) is 5.91 Å². The molecule has 1 aliphatic heterocycles. The van der Waals surface area contributed by atoms with Crippen LogP contribution in [0.4, 0.5) is 0 Å². The number of halogens is 1. The van der Waals surface area contributed by atoms with Gasteiger partial charge in [-0.2, -0.15) is 0 Å². The molecule has 4 nitrogen and oxygen atoms in total. The molecule has 0 spiro atoms. The summed E-state index contributed by atoms with van der Waals surface area (Å²) < 4.78 is 6.86. The minimum atomic E-state index is 0.0674. The fraction of sp³-hybridized carbons (Fsp3) is 0.278. The first kappa shape index (κ1) is 16.0. The molecule has 0 radical (unpaired) electrons. The number of hydrogen-bond donors (Lipinski definition) is 1. The zero-order valence-electron chi connectivity index (χ0n) is 12.8. The van der Waals surface area contributed by atoms with E-state index in [1.165, 1.54) is 0 Å². The number of nitrogens with one attached hydrogen (secondary N) is 1. The van der Waals surface area contributed by atoms with Gasteiger partial charge in [-0.25, -0.2) is 0 Å². The van der Waals surface area contributed by atoms with E-state index in [0.717, 1.165) is 36.2 Å². The summed E-state index contributed by atoms with van der Waals surface area (Å²) in [4.78, 5) is 14.4. The molecule has 120 valence electrons. The van der Waals surface area contributed by atoms with E-state index in [1.54, 1.807) is 0 Å². The van der Waals surface area contributed by atoms with Gasteiger partial charge in [-0.15, -0.1) is 0 Å². The van der Waals surface area contributed by atoms with Crippen LogP contribution in [0.25, 0.3) is 0 Å². The second kappa shape index (κ2) is 7.62. The van der Waals surface area contributed by atoms with Crippen molar-refractivity contribution in [1.29, 1.82) is 0 Å². The molecule has 1 fully saturated rings. The maximum atomic E-state index is 12.5. The fourth-order valence-corrected chi connectivity index (χ4v) is 2.95. The Morgan fingerprint density at radius 2 is 1.91 bits per heavy atom. The van der Waals surface area contributed by atoms with Crippen LogP contribution in [-0.2, 0) is 6.61 Å². The molecule has 2 aromatic rings. The Hall–Kier alpha value is -1.85. The predicted octanol–water partition coefficient (Wildman–Crippen LogP) is 3.07. The number of nitrogens with zero attached hydrogens (tertiary/aromatic N) is 1. The molecule has 2 aromatic carbocycles. The van der Waals surface area contributed by atoms with Crippen LogP contribution in [0.5, 0.6) is 5.75 Å². The van der Waals surface area contributed by atoms with E-state index in [1.807, 2.05) is 53.4 Å². The highest BCUT2D eigenvalue weighted by Gasteiger charge is 2.18. The molecule has 3 rings (SSSR count). The Labute approximate surface area is 144 Å². The number of ether oxygens (including phenoxy) is 1. The number of rotatable bonds is 4. The molecular formula is C18H19BrN2O2. The second-order valence-corrected chi connectivity index (χ2v) is 6.30. The van der Waals surface area contributed by atoms with Crippen molar-refractivity contribution in [2.24, 2.45) is 0 Å². The molecule has 0 unspecified atom stereocenters. The molecule has 0 saturated carbocycles. The van der Waals surface area contributed by atoms with E-state index in [0.29, 0.717) is 17.9 Å². The van der Waals surface area contributed by atoms with Crippen LogP contribution in [0, 0.1) is 0 Å². The van der Waals surface area contributed by atoms with Gasteiger partial charge in [-0.3, -0.25) is 4.79 Å². The van der Waals surface area contributed by atoms with Crippen LogP contribution < -0.4 is 10.1 Å². The van der Waals surface area contributed by atoms with Crippen LogP contribution in [0.1, 0.15) is 15.9 Å². The maximum Gasteiger partial charge on any atom is 0.254 e. The highest BCUT2D eigenvalue weighted by molar-refractivity contribution is 9.10. The number of carbonyl (C=O) groups is 1. The van der Waals surface area contributed by atoms with Gasteiger partial charge in [-0.1, -0.05) is 40.2 Å². The lowest BCUT2D eigenvalue weighted by Gasteiger charge is -2.27. The van der Waals surface area contributed by atoms with Crippen molar-refractivity contribution in [3.63, 3.8) is 0 Å². The molecule has 1 heterocycles. The van der Waals surface area contributed by atoms with Crippen molar-refractivity contribution in [1.82, 2.24) is 10.2 Å². The molecule has 0 atom stereocenters. The lowest BCUT2D eigenvalue weighted by Crippen LogP contribution is -2.46. The Morgan fingerprint density at radius 1 is 1.13 bits per heavy atom. The quantitative estimate of drug-likeness (QED) is 0.893. The topological polar surface area (TPSA) is 41.6 Å². The van der Waals surface area contributed by atoms with E-state index >= 15 is 0 Å². The first-order valence-corrected chi connectivity index (χ1v) is 8.49. The van der Waals surface area contributed by atoms with Gasteiger partial charge in [0.1, 0.15) is 12.4 Å². The van der Waals surface area contributed by atoms with E-state index < -0.39 is 0 Å². The van der Waals surface area contributed by atoms with Crippen molar-refractivity contribution >= 4 is 21.8 Å². The number of carbonyl (C=O) groups excluding carboxylic acids is 1. The van der Waals surface area contributed by atoms with E-state index in [2.05, 4.69) is 21.2 Å². The van der Waals surface area contributed by atoms with Crippen molar-refractivity contribution in [3.05, 3.63) is 64.1 Å². The standard InChI is InChI=1S/C18H19BrN2O2/c19-17-7-2-1-4-15(17)13-23-16-6-3-5-14(12-16)18(22)21-10-8-20-9-11-21/h1-7,12,20H,8-11,13H2. The number of hydrogen-bond acceptors (Lipinski definition) is 3. The van der Waals surface area contributed by atoms with Crippen LogP contribution in [0.3, 0.4) is 0 Å². The molecule has 23 heavy (non-hydrogen) atoms. The summed E-state index contributed by atoms with van der Waals surface area (Å²) in [5, 5.41) is 3.25. The first-order chi connectivity index (χ1) is 11.2. The van der Waals surface area contributed by atoms with Crippen LogP contribution >= 0.6 is 15.9 Å². The molecule has 1 saturated heterocycles. The summed E-state index contributed by atoms with van der Waals surface area (Å²) in [5.41, 5.74) is 1.75. The molecule has 1 amide bonds. The second-order valence-electron chi connectivity index (χ2n) is 5.45. The molecular weight excluding hydrogens is 356 g/mol. The average molecular weight is 375 g/mol. The summed E-state index contributed by atoms with van der Waals surface area (Å²) in [6.45, 7) is 3.67. The molecule has 0 bridgehead atoms. The van der Waals surface area contributed by atoms with E-state index in [4.69, 9.17) is 4.74 Å². The maximum absolute atomic E-state index is 12.5. The van der Waals surface area contributed by atoms with Crippen molar-refractivity contribution in [2.75, 3.05) is 26.2 Å². The lowest BCUT2D eigenvalue weighted by molar-refractivity contribution is 0.0735. The van der Waals surface area contributed by atoms with Gasteiger partial charge in [0.2, 0.25) is 0 Å². The predicted molar refractivity (Wildman–Crippen MR) is 93.7 cm³/mol. The third kappa shape index (κ3) is 4.12. The molecule has 0 aromatic heterocycles. The Balaban J connectivity index is 1.67. The van der Waals surface area contributed by atoms with Crippen molar-refractivity contribution in [3.8, 4) is 5.75 Å². The monoisotopic (exact) mass is 374 g/mol. The fourth-order valence-electron chi connectivity index (χ4n) is 2.55. The summed E-state index contributed by atoms with van der Waals surface area (Å²) >= 11 is 3.51. The minimum absolute atomic E-state index is 0.0674. The molecule has 1 aliphatic rings. The highest BCUT2D eigenvalue weighted by atomic mass is 79.9. The SMILES string of the molecule is O=C(c1cccc(OCc2ccccc2Br)c1)N1CCNCC1. The zero-order chi connectivity index (χ0) is 16.1. The summed E-state index contributed by atoms with van der Waals surface area (Å²) in [6.07, 6.45) is 0. The minimum Gasteiger partial charge on any atom is -0.489 e. The van der Waals surface area contributed by atoms with Gasteiger partial charge in [-0.05, 0) is 24.3 Å². The first-order valence-electron chi connectivity index (χ1n) is 7.70. The number of benzene rings is 2. The van der Waals surface area contributed by atoms with Crippen molar-refractivity contribution < 1.29 is 9.53 Å². The summed E-state index contributed by atoms with van der Waals surface area (Å²) in [5.74, 6) is 0.777. The van der Waals surface area contributed by atoms with Gasteiger partial charge < -0.3 is 15.0 Å². The van der Waals surface area contributed by atoms with E-state index in [9.17, 15) is 4.79 Å². The smallest absolute Gasteiger partial charge is 0.254 e. The molecule has 0 aliphatic carbocycles. The Kier molecular flexibility index (Phi) is 5.31. The third-order valence-electron chi connectivity index (χ3n) is 3.84. The van der Waals surface area contributed by atoms with Crippen LogP contribution in [0.15, 0.2) is 53.0 Å². The molecule has 1 N–H and O–H groups in total. The molecule has 5 heteroatoms. The lowest BCUT2D eigenvalue weighted by atomic mass is 10.1. The number of amides is 1. The normalized spacial score (nSPS) is 14.6. The van der Waals surface area contributed by atoms with Crippen molar-refractivity contribution in [2.45, 2.75) is 6.61 Å². The zero-order valence-corrected chi connectivity index (χ0v) is 14.4. The Bertz CT molecular complexity index is 684. The van der Waals surface area contributed by atoms with Crippen LogP contribution in [0.2, 0.25) is 0 Å². The highest BCUT2D eigenvalue weighted by Crippen LogP contribution is 2.20. The van der Waals surface area contributed by atoms with Gasteiger partial charge >= 0.3 is 0 Å². The summed E-state index contributed by atoms with van der Waals surface area (Å²) in [6, 6.07) is 15.4. The summed E-state index contributed by atoms with van der Waals surface area (Å²) in [7, 11) is 0. The Morgan fingerprint density at radius 3 is 2.70 bits per heavy atom. The number of piperazine rings is 1. The largest absolute Gasteiger partial charge is 0.489 e. The van der Waals surface area contributed by atoms with Gasteiger partial charge in [0.25, 0.3) is 5.91 Å². The van der Waals surface area contributed by atoms with Crippen LogP contribution in [-0.4, -0.2) is 37.0 Å². The van der Waals surface area contributed by atoms with Gasteiger partial charge in [0.05, 0.1) is 0 Å². The average Bonchev–Trinajstić information content (AvgIpc) is 2.61.